The van der Waals surface area contributed by atoms with Gasteiger partial charge in [-0.05, 0) is 44.8 Å². The van der Waals surface area contributed by atoms with Crippen LogP contribution in [0.3, 0.4) is 0 Å². The second kappa shape index (κ2) is 6.17. The number of fused-ring (bicyclic) bond motifs is 1. The summed E-state index contributed by atoms with van der Waals surface area (Å²) >= 11 is 0. The van der Waals surface area contributed by atoms with Crippen molar-refractivity contribution < 1.29 is 4.74 Å². The van der Waals surface area contributed by atoms with E-state index in [1.54, 1.807) is 0 Å². The van der Waals surface area contributed by atoms with Crippen LogP contribution in [-0.4, -0.2) is 61.8 Å². The van der Waals surface area contributed by atoms with Crippen LogP contribution in [0, 0.1) is 5.92 Å². The molecule has 3 heteroatoms. The lowest BCUT2D eigenvalue weighted by Crippen LogP contribution is -2.46. The van der Waals surface area contributed by atoms with E-state index in [9.17, 15) is 0 Å². The monoisotopic (exact) mass is 240 g/mol. The molecular formula is C14H28N2O. The first kappa shape index (κ1) is 13.3. The summed E-state index contributed by atoms with van der Waals surface area (Å²) in [6, 6.07) is 1.41. The van der Waals surface area contributed by atoms with Crippen molar-refractivity contribution in [1.29, 1.82) is 0 Å². The largest absolute Gasteiger partial charge is 0.383 e. The van der Waals surface area contributed by atoms with E-state index in [0.717, 1.165) is 12.6 Å². The predicted molar refractivity (Wildman–Crippen MR) is 71.3 cm³/mol. The second-order valence-electron chi connectivity index (χ2n) is 5.95. The number of hydrogen-bond acceptors (Lipinski definition) is 3. The minimum absolute atomic E-state index is 0.598. The van der Waals surface area contributed by atoms with Crippen LogP contribution in [0.4, 0.5) is 0 Å². The van der Waals surface area contributed by atoms with Crippen molar-refractivity contribution in [3.63, 3.8) is 0 Å². The maximum Gasteiger partial charge on any atom is 0.0620 e. The van der Waals surface area contributed by atoms with Gasteiger partial charge in [-0.1, -0.05) is 13.8 Å². The van der Waals surface area contributed by atoms with Gasteiger partial charge in [0.2, 0.25) is 0 Å². The Morgan fingerprint density at radius 2 is 1.94 bits per heavy atom. The fourth-order valence-corrected chi connectivity index (χ4v) is 3.43. The highest BCUT2D eigenvalue weighted by Gasteiger charge is 2.32. The standard InChI is InChI=1S/C14H28N2O/c1-12(2)14(11-17-3)16-9-5-8-15-7-4-6-13(15)10-16/h12-14H,4-11H2,1-3H3. The molecule has 2 heterocycles. The van der Waals surface area contributed by atoms with Crippen LogP contribution >= 0.6 is 0 Å². The summed E-state index contributed by atoms with van der Waals surface area (Å²) < 4.78 is 5.42. The zero-order chi connectivity index (χ0) is 12.3. The first-order chi connectivity index (χ1) is 8.22. The topological polar surface area (TPSA) is 15.7 Å². The molecule has 2 fully saturated rings. The van der Waals surface area contributed by atoms with Gasteiger partial charge in [0.1, 0.15) is 0 Å². The Morgan fingerprint density at radius 1 is 1.18 bits per heavy atom. The van der Waals surface area contributed by atoms with Crippen molar-refractivity contribution in [3.8, 4) is 0 Å². The summed E-state index contributed by atoms with van der Waals surface area (Å²) in [6.45, 7) is 10.7. The second-order valence-corrected chi connectivity index (χ2v) is 5.95. The first-order valence-electron chi connectivity index (χ1n) is 7.19. The zero-order valence-corrected chi connectivity index (χ0v) is 11.7. The van der Waals surface area contributed by atoms with E-state index in [4.69, 9.17) is 4.74 Å². The minimum Gasteiger partial charge on any atom is -0.383 e. The average Bonchev–Trinajstić information content (AvgIpc) is 2.63. The van der Waals surface area contributed by atoms with Crippen LogP contribution in [0.25, 0.3) is 0 Å². The Kier molecular flexibility index (Phi) is 4.83. The van der Waals surface area contributed by atoms with Gasteiger partial charge in [0.15, 0.2) is 0 Å². The van der Waals surface area contributed by atoms with Gasteiger partial charge >= 0.3 is 0 Å². The van der Waals surface area contributed by atoms with Gasteiger partial charge in [0.25, 0.3) is 0 Å². The molecule has 0 aromatic rings. The van der Waals surface area contributed by atoms with Crippen molar-refractivity contribution in [1.82, 2.24) is 9.80 Å². The molecule has 0 aromatic carbocycles. The van der Waals surface area contributed by atoms with Crippen LogP contribution in [0.15, 0.2) is 0 Å². The summed E-state index contributed by atoms with van der Waals surface area (Å²) in [6.07, 6.45) is 4.12. The molecule has 0 spiro atoms. The van der Waals surface area contributed by atoms with Crippen molar-refractivity contribution in [2.45, 2.75) is 45.2 Å². The molecule has 0 radical (unpaired) electrons. The highest BCUT2D eigenvalue weighted by atomic mass is 16.5. The number of rotatable bonds is 4. The van der Waals surface area contributed by atoms with E-state index >= 15 is 0 Å². The van der Waals surface area contributed by atoms with Crippen molar-refractivity contribution in [3.05, 3.63) is 0 Å². The van der Waals surface area contributed by atoms with Crippen molar-refractivity contribution in [2.75, 3.05) is 39.9 Å². The van der Waals surface area contributed by atoms with E-state index in [1.165, 1.54) is 45.4 Å². The average molecular weight is 240 g/mol. The number of methoxy groups -OCH3 is 1. The molecule has 0 saturated carbocycles. The SMILES string of the molecule is COCC(C(C)C)N1CCCN2CCCC2C1. The molecule has 0 aromatic heterocycles. The Hall–Kier alpha value is -0.120. The molecule has 2 rings (SSSR count). The van der Waals surface area contributed by atoms with Gasteiger partial charge in [0, 0.05) is 25.7 Å². The highest BCUT2D eigenvalue weighted by Crippen LogP contribution is 2.24. The third kappa shape index (κ3) is 3.21. The smallest absolute Gasteiger partial charge is 0.0620 e. The summed E-state index contributed by atoms with van der Waals surface area (Å²) in [5.41, 5.74) is 0. The molecule has 2 atom stereocenters. The number of ether oxygens (including phenoxy) is 1. The molecule has 2 aliphatic rings. The van der Waals surface area contributed by atoms with Gasteiger partial charge in [0.05, 0.1) is 6.61 Å². The fraction of sp³-hybridized carbons (Fsp3) is 1.00. The molecule has 2 saturated heterocycles. The Morgan fingerprint density at radius 3 is 2.65 bits per heavy atom. The molecule has 100 valence electrons. The zero-order valence-electron chi connectivity index (χ0n) is 11.7. The van der Waals surface area contributed by atoms with E-state index in [0.29, 0.717) is 12.0 Å². The number of hydrogen-bond donors (Lipinski definition) is 0. The Bertz CT molecular complexity index is 232. The van der Waals surface area contributed by atoms with Crippen LogP contribution in [0.1, 0.15) is 33.1 Å². The maximum absolute atomic E-state index is 5.42. The van der Waals surface area contributed by atoms with Crippen LogP contribution in [0.2, 0.25) is 0 Å². The van der Waals surface area contributed by atoms with Crippen LogP contribution < -0.4 is 0 Å². The van der Waals surface area contributed by atoms with Crippen LogP contribution in [-0.2, 0) is 4.74 Å². The summed E-state index contributed by atoms with van der Waals surface area (Å²) in [7, 11) is 1.83. The summed E-state index contributed by atoms with van der Waals surface area (Å²) in [5, 5.41) is 0. The molecular weight excluding hydrogens is 212 g/mol. The van der Waals surface area contributed by atoms with Crippen LogP contribution in [0.5, 0.6) is 0 Å². The normalized spacial score (nSPS) is 29.3. The summed E-state index contributed by atoms with van der Waals surface area (Å²) in [4.78, 5) is 5.38. The minimum atomic E-state index is 0.598. The fourth-order valence-electron chi connectivity index (χ4n) is 3.43. The quantitative estimate of drug-likeness (QED) is 0.745. The molecule has 2 unspecified atom stereocenters. The van der Waals surface area contributed by atoms with E-state index in [2.05, 4.69) is 23.6 Å². The lowest BCUT2D eigenvalue weighted by atomic mass is 10.0. The van der Waals surface area contributed by atoms with Gasteiger partial charge in [-0.15, -0.1) is 0 Å². The highest BCUT2D eigenvalue weighted by molar-refractivity contribution is 4.88. The molecule has 0 bridgehead atoms. The molecule has 0 N–H and O–H groups in total. The predicted octanol–water partition coefficient (Wildman–Crippen LogP) is 1.83. The van der Waals surface area contributed by atoms with Gasteiger partial charge < -0.3 is 4.74 Å². The van der Waals surface area contributed by atoms with E-state index < -0.39 is 0 Å². The van der Waals surface area contributed by atoms with Crippen molar-refractivity contribution >= 4 is 0 Å². The molecule has 0 amide bonds. The van der Waals surface area contributed by atoms with E-state index in [1.807, 2.05) is 7.11 Å². The van der Waals surface area contributed by atoms with Crippen molar-refractivity contribution in [2.24, 2.45) is 5.92 Å². The lowest BCUT2D eigenvalue weighted by molar-refractivity contribution is 0.0598. The number of nitrogens with zero attached hydrogens (tertiary/aromatic N) is 2. The third-order valence-electron chi connectivity index (χ3n) is 4.41. The maximum atomic E-state index is 5.42. The molecule has 2 aliphatic heterocycles. The van der Waals surface area contributed by atoms with E-state index in [-0.39, 0.29) is 0 Å². The third-order valence-corrected chi connectivity index (χ3v) is 4.41. The van der Waals surface area contributed by atoms with Gasteiger partial charge in [-0.25, -0.2) is 0 Å². The molecule has 17 heavy (non-hydrogen) atoms. The molecule has 3 nitrogen and oxygen atoms in total. The van der Waals surface area contributed by atoms with Gasteiger partial charge in [-0.2, -0.15) is 0 Å². The molecule has 0 aliphatic carbocycles. The first-order valence-corrected chi connectivity index (χ1v) is 7.19. The lowest BCUT2D eigenvalue weighted by Gasteiger charge is -2.34. The Labute approximate surface area is 106 Å². The Balaban J connectivity index is 1.98. The summed E-state index contributed by atoms with van der Waals surface area (Å²) in [5.74, 6) is 0.683. The van der Waals surface area contributed by atoms with Gasteiger partial charge in [-0.3, -0.25) is 9.80 Å².